The van der Waals surface area contributed by atoms with E-state index in [-0.39, 0.29) is 22.3 Å². The Bertz CT molecular complexity index is 1280. The summed E-state index contributed by atoms with van der Waals surface area (Å²) in [6.45, 7) is 1.54. The monoisotopic (exact) mass is 431 g/mol. The van der Waals surface area contributed by atoms with Crippen molar-refractivity contribution in [3.8, 4) is 5.69 Å². The minimum absolute atomic E-state index is 0.0608. The maximum atomic E-state index is 14.8. The molecule has 0 aliphatic carbocycles. The quantitative estimate of drug-likeness (QED) is 0.499. The van der Waals surface area contributed by atoms with E-state index in [1.807, 2.05) is 0 Å². The molecule has 1 N–H and O–H groups in total. The van der Waals surface area contributed by atoms with Crippen molar-refractivity contribution >= 4 is 28.2 Å². The number of benzene rings is 2. The summed E-state index contributed by atoms with van der Waals surface area (Å²) in [6.07, 6.45) is 0.929. The normalized spacial score (nSPS) is 14.1. The third-order valence-corrected chi connectivity index (χ3v) is 5.06. The summed E-state index contributed by atoms with van der Waals surface area (Å²) < 4.78 is 35.9. The zero-order valence-electron chi connectivity index (χ0n) is 15.9. The molecule has 4 rings (SSSR count). The fourth-order valence-corrected chi connectivity index (χ4v) is 3.54. The summed E-state index contributed by atoms with van der Waals surface area (Å²) in [5.74, 6) is -3.31. The molecule has 0 atom stereocenters. The molecule has 0 radical (unpaired) electrons. The number of carboxylic acid groups (broad SMARTS) is 1. The number of aromatic nitrogens is 1. The van der Waals surface area contributed by atoms with Crippen LogP contribution in [0.3, 0.4) is 0 Å². The molecular weight excluding hydrogens is 416 g/mol. The predicted octanol–water partition coefficient (Wildman–Crippen LogP) is 2.71. The fourth-order valence-electron chi connectivity index (χ4n) is 3.54. The van der Waals surface area contributed by atoms with Gasteiger partial charge in [-0.2, -0.15) is 0 Å². The third-order valence-electron chi connectivity index (χ3n) is 5.06. The Hall–Kier alpha value is -3.86. The van der Waals surface area contributed by atoms with Gasteiger partial charge in [0.05, 0.1) is 41.1 Å². The van der Waals surface area contributed by atoms with Gasteiger partial charge in [-0.3, -0.25) is 14.9 Å². The van der Waals surface area contributed by atoms with Crippen molar-refractivity contribution in [3.05, 3.63) is 74.1 Å². The zero-order valence-corrected chi connectivity index (χ0v) is 15.9. The molecule has 2 aromatic carbocycles. The molecule has 3 aromatic rings. The van der Waals surface area contributed by atoms with Gasteiger partial charge in [-0.15, -0.1) is 0 Å². The second kappa shape index (κ2) is 7.76. The number of morpholine rings is 1. The Labute approximate surface area is 172 Å². The van der Waals surface area contributed by atoms with Crippen LogP contribution in [-0.2, 0) is 4.74 Å². The van der Waals surface area contributed by atoms with E-state index in [1.54, 1.807) is 4.90 Å². The number of halogens is 2. The van der Waals surface area contributed by atoms with Crippen LogP contribution in [0.4, 0.5) is 20.2 Å². The van der Waals surface area contributed by atoms with Crippen LogP contribution in [-0.4, -0.2) is 46.9 Å². The van der Waals surface area contributed by atoms with Crippen LogP contribution in [0.25, 0.3) is 16.6 Å². The Kier molecular flexibility index (Phi) is 5.11. The van der Waals surface area contributed by atoms with E-state index in [2.05, 4.69) is 0 Å². The number of nitro groups is 1. The molecule has 1 aliphatic heterocycles. The van der Waals surface area contributed by atoms with E-state index < -0.39 is 39.2 Å². The van der Waals surface area contributed by atoms with Gasteiger partial charge in [0.2, 0.25) is 5.43 Å². The van der Waals surface area contributed by atoms with Gasteiger partial charge in [0.1, 0.15) is 11.4 Å². The highest BCUT2D eigenvalue weighted by molar-refractivity contribution is 5.94. The van der Waals surface area contributed by atoms with Crippen LogP contribution >= 0.6 is 0 Å². The van der Waals surface area contributed by atoms with Gasteiger partial charge in [0, 0.05) is 30.7 Å². The number of carboxylic acids is 1. The van der Waals surface area contributed by atoms with E-state index in [1.165, 1.54) is 6.07 Å². The minimum Gasteiger partial charge on any atom is -0.477 e. The topological polar surface area (TPSA) is 115 Å². The number of hydrogen-bond donors (Lipinski definition) is 1. The molecule has 0 unspecified atom stereocenters. The van der Waals surface area contributed by atoms with Crippen molar-refractivity contribution in [3.63, 3.8) is 0 Å². The third kappa shape index (κ3) is 3.59. The molecule has 9 nitrogen and oxygen atoms in total. The summed E-state index contributed by atoms with van der Waals surface area (Å²) in [7, 11) is 0. The molecule has 0 saturated carbocycles. The summed E-state index contributed by atoms with van der Waals surface area (Å²) >= 11 is 0. The van der Waals surface area contributed by atoms with Crippen LogP contribution < -0.4 is 10.3 Å². The number of aromatic carboxylic acids is 1. The molecule has 0 spiro atoms. The number of ether oxygens (including phenoxy) is 1. The number of carbonyl (C=O) groups is 1. The lowest BCUT2D eigenvalue weighted by Crippen LogP contribution is -2.36. The Balaban J connectivity index is 2.02. The molecule has 1 fully saturated rings. The molecule has 1 saturated heterocycles. The smallest absolute Gasteiger partial charge is 0.341 e. The second-order valence-electron chi connectivity index (χ2n) is 6.86. The van der Waals surface area contributed by atoms with Crippen LogP contribution in [0.5, 0.6) is 0 Å². The SMILES string of the molecule is O=C(O)c1cn(-c2ccc([N+](=O)[O-])cc2F)c2cc(N3CCOCC3)c(F)cc2c1=O. The van der Waals surface area contributed by atoms with Crippen LogP contribution in [0, 0.1) is 21.7 Å². The average molecular weight is 431 g/mol. The number of hydrogen-bond acceptors (Lipinski definition) is 6. The lowest BCUT2D eigenvalue weighted by Gasteiger charge is -2.29. The number of fused-ring (bicyclic) bond motifs is 1. The molecule has 2 heterocycles. The highest BCUT2D eigenvalue weighted by Crippen LogP contribution is 2.29. The maximum absolute atomic E-state index is 14.8. The number of anilines is 1. The number of nitrogens with zero attached hydrogens (tertiary/aromatic N) is 3. The van der Waals surface area contributed by atoms with Crippen LogP contribution in [0.2, 0.25) is 0 Å². The summed E-state index contributed by atoms with van der Waals surface area (Å²) in [4.78, 5) is 36.0. The van der Waals surface area contributed by atoms with Gasteiger partial charge in [-0.25, -0.2) is 13.6 Å². The van der Waals surface area contributed by atoms with Crippen molar-refractivity contribution in [2.45, 2.75) is 0 Å². The number of non-ortho nitro benzene ring substituents is 1. The van der Waals surface area contributed by atoms with Crippen LogP contribution in [0.1, 0.15) is 10.4 Å². The lowest BCUT2D eigenvalue weighted by molar-refractivity contribution is -0.385. The van der Waals surface area contributed by atoms with Gasteiger partial charge < -0.3 is 19.3 Å². The zero-order chi connectivity index (χ0) is 22.3. The van der Waals surface area contributed by atoms with Gasteiger partial charge in [-0.05, 0) is 18.2 Å². The van der Waals surface area contributed by atoms with Crippen molar-refractivity contribution in [1.82, 2.24) is 4.57 Å². The maximum Gasteiger partial charge on any atom is 0.341 e. The molecule has 31 heavy (non-hydrogen) atoms. The van der Waals surface area contributed by atoms with Gasteiger partial charge in [0.25, 0.3) is 5.69 Å². The van der Waals surface area contributed by atoms with Gasteiger partial charge in [0.15, 0.2) is 5.82 Å². The van der Waals surface area contributed by atoms with Crippen LogP contribution in [0.15, 0.2) is 41.3 Å². The highest BCUT2D eigenvalue weighted by Gasteiger charge is 2.22. The van der Waals surface area contributed by atoms with Crippen molar-refractivity contribution in [2.24, 2.45) is 0 Å². The van der Waals surface area contributed by atoms with Crippen molar-refractivity contribution < 1.29 is 28.3 Å². The molecule has 11 heteroatoms. The Morgan fingerprint density at radius 3 is 2.39 bits per heavy atom. The Morgan fingerprint density at radius 2 is 1.77 bits per heavy atom. The summed E-state index contributed by atoms with van der Waals surface area (Å²) in [6, 6.07) is 5.10. The molecule has 1 aromatic heterocycles. The molecule has 160 valence electrons. The number of nitro benzene ring substituents is 1. The second-order valence-corrected chi connectivity index (χ2v) is 6.86. The standard InChI is InChI=1S/C20H15F2N3O6/c21-14-7-11(25(29)30)1-2-16(14)24-10-13(20(27)28)19(26)12-8-15(22)18(9-17(12)24)23-3-5-31-6-4-23/h1-2,7-10H,3-6H2,(H,27,28). The largest absolute Gasteiger partial charge is 0.477 e. The minimum atomic E-state index is -1.57. The first kappa shape index (κ1) is 20.4. The molecule has 0 bridgehead atoms. The lowest BCUT2D eigenvalue weighted by atomic mass is 10.1. The van der Waals surface area contributed by atoms with Crippen molar-refractivity contribution in [1.29, 1.82) is 0 Å². The van der Waals surface area contributed by atoms with E-state index >= 15 is 0 Å². The van der Waals surface area contributed by atoms with Gasteiger partial charge in [-0.1, -0.05) is 0 Å². The summed E-state index contributed by atoms with van der Waals surface area (Å²) in [5, 5.41) is 20.1. The number of pyridine rings is 1. The highest BCUT2D eigenvalue weighted by atomic mass is 19.1. The van der Waals surface area contributed by atoms with E-state index in [9.17, 15) is 33.6 Å². The average Bonchev–Trinajstić information content (AvgIpc) is 2.74. The van der Waals surface area contributed by atoms with Gasteiger partial charge >= 0.3 is 5.97 Å². The fraction of sp³-hybridized carbons (Fsp3) is 0.200. The van der Waals surface area contributed by atoms with E-state index in [4.69, 9.17) is 4.74 Å². The Morgan fingerprint density at radius 1 is 1.10 bits per heavy atom. The first-order valence-corrected chi connectivity index (χ1v) is 9.17. The molecular formula is C20H15F2N3O6. The van der Waals surface area contributed by atoms with E-state index in [0.29, 0.717) is 32.4 Å². The molecule has 1 aliphatic rings. The number of rotatable bonds is 4. The molecule has 0 amide bonds. The predicted molar refractivity (Wildman–Crippen MR) is 106 cm³/mol. The first-order chi connectivity index (χ1) is 14.8. The van der Waals surface area contributed by atoms with Crippen molar-refractivity contribution in [2.75, 3.05) is 31.2 Å². The summed E-state index contributed by atoms with van der Waals surface area (Å²) in [5.41, 5.74) is -2.12. The first-order valence-electron chi connectivity index (χ1n) is 9.17. The van der Waals surface area contributed by atoms with E-state index in [0.717, 1.165) is 29.0 Å².